The van der Waals surface area contributed by atoms with Gasteiger partial charge in [0.05, 0.1) is 18.6 Å². The zero-order valence-electron chi connectivity index (χ0n) is 15.4. The molecular formula is C19H26N2O4S. The number of benzene rings is 2. The Labute approximate surface area is 155 Å². The Kier molecular flexibility index (Phi) is 7.44. The molecule has 142 valence electrons. The largest absolute Gasteiger partial charge is 0.493 e. The number of aryl methyl sites for hydroxylation is 1. The van der Waals surface area contributed by atoms with Crippen molar-refractivity contribution in [2.45, 2.75) is 25.3 Å². The van der Waals surface area contributed by atoms with E-state index in [0.29, 0.717) is 37.7 Å². The van der Waals surface area contributed by atoms with Crippen molar-refractivity contribution in [3.05, 3.63) is 53.6 Å². The predicted octanol–water partition coefficient (Wildman–Crippen LogP) is 2.47. The summed E-state index contributed by atoms with van der Waals surface area (Å²) in [6.45, 7) is 5.84. The van der Waals surface area contributed by atoms with Crippen LogP contribution in [0.1, 0.15) is 18.1 Å². The highest BCUT2D eigenvalue weighted by molar-refractivity contribution is 7.89. The van der Waals surface area contributed by atoms with Gasteiger partial charge in [-0.3, -0.25) is 0 Å². The molecule has 0 saturated heterocycles. The van der Waals surface area contributed by atoms with E-state index in [-0.39, 0.29) is 4.90 Å². The molecule has 0 radical (unpaired) electrons. The maximum Gasteiger partial charge on any atom is 0.240 e. The summed E-state index contributed by atoms with van der Waals surface area (Å²) in [5.41, 5.74) is 2.06. The van der Waals surface area contributed by atoms with E-state index in [1.807, 2.05) is 32.0 Å². The third kappa shape index (κ3) is 5.72. The smallest absolute Gasteiger partial charge is 0.240 e. The standard InChI is InChI=1S/C19H26N2O4S/c1-4-25-19-13-16(7-10-18(19)24-3)14-20-11-12-21-26(22,23)17-8-5-15(2)6-9-17/h5-10,13,20-21H,4,11-12,14H2,1-3H3. The van der Waals surface area contributed by atoms with Crippen LogP contribution in [0.15, 0.2) is 47.4 Å². The maximum absolute atomic E-state index is 12.2. The first kappa shape index (κ1) is 20.2. The average Bonchev–Trinajstić information content (AvgIpc) is 2.62. The van der Waals surface area contributed by atoms with Crippen LogP contribution in [0.3, 0.4) is 0 Å². The van der Waals surface area contributed by atoms with E-state index in [2.05, 4.69) is 10.0 Å². The van der Waals surface area contributed by atoms with Gasteiger partial charge in [0.2, 0.25) is 10.0 Å². The SMILES string of the molecule is CCOc1cc(CNCCNS(=O)(=O)c2ccc(C)cc2)ccc1OC. The van der Waals surface area contributed by atoms with Crippen molar-refractivity contribution >= 4 is 10.0 Å². The number of ether oxygens (including phenoxy) is 2. The second-order valence-electron chi connectivity index (χ2n) is 5.81. The van der Waals surface area contributed by atoms with Crippen LogP contribution in [-0.4, -0.2) is 35.2 Å². The summed E-state index contributed by atoms with van der Waals surface area (Å²) >= 11 is 0. The molecule has 2 aromatic rings. The van der Waals surface area contributed by atoms with Crippen molar-refractivity contribution in [1.29, 1.82) is 0 Å². The predicted molar refractivity (Wildman–Crippen MR) is 102 cm³/mol. The van der Waals surface area contributed by atoms with E-state index in [1.54, 1.807) is 31.4 Å². The van der Waals surface area contributed by atoms with Gasteiger partial charge in [0.15, 0.2) is 11.5 Å². The Balaban J connectivity index is 1.81. The van der Waals surface area contributed by atoms with Gasteiger partial charge in [-0.15, -0.1) is 0 Å². The van der Waals surface area contributed by atoms with E-state index in [1.165, 1.54) is 0 Å². The Morgan fingerprint density at radius 1 is 1.00 bits per heavy atom. The molecule has 2 N–H and O–H groups in total. The van der Waals surface area contributed by atoms with Crippen LogP contribution < -0.4 is 19.5 Å². The Bertz CT molecular complexity index is 805. The normalized spacial score (nSPS) is 11.3. The number of rotatable bonds is 10. The summed E-state index contributed by atoms with van der Waals surface area (Å²) in [5.74, 6) is 1.40. The zero-order valence-corrected chi connectivity index (χ0v) is 16.2. The van der Waals surface area contributed by atoms with Gasteiger partial charge in [-0.1, -0.05) is 23.8 Å². The first-order valence-electron chi connectivity index (χ1n) is 8.53. The van der Waals surface area contributed by atoms with E-state index in [4.69, 9.17) is 9.47 Å². The zero-order chi connectivity index (χ0) is 19.0. The number of sulfonamides is 1. The van der Waals surface area contributed by atoms with E-state index < -0.39 is 10.0 Å². The molecule has 2 aromatic carbocycles. The van der Waals surface area contributed by atoms with E-state index in [9.17, 15) is 8.42 Å². The van der Waals surface area contributed by atoms with Crippen molar-refractivity contribution < 1.29 is 17.9 Å². The first-order chi connectivity index (χ1) is 12.5. The van der Waals surface area contributed by atoms with Crippen LogP contribution >= 0.6 is 0 Å². The van der Waals surface area contributed by atoms with Crippen LogP contribution in [0.5, 0.6) is 11.5 Å². The lowest BCUT2D eigenvalue weighted by atomic mass is 10.2. The fourth-order valence-corrected chi connectivity index (χ4v) is 3.44. The van der Waals surface area contributed by atoms with Crippen LogP contribution in [0.25, 0.3) is 0 Å². The second kappa shape index (κ2) is 9.56. The molecule has 0 bridgehead atoms. The molecule has 0 amide bonds. The lowest BCUT2D eigenvalue weighted by molar-refractivity contribution is 0.310. The van der Waals surface area contributed by atoms with Gasteiger partial charge in [0, 0.05) is 19.6 Å². The number of hydrogen-bond donors (Lipinski definition) is 2. The molecule has 2 rings (SSSR count). The molecule has 0 aliphatic rings. The number of nitrogens with one attached hydrogen (secondary N) is 2. The summed E-state index contributed by atoms with van der Waals surface area (Å²) in [7, 11) is -1.86. The van der Waals surface area contributed by atoms with Crippen molar-refractivity contribution in [3.63, 3.8) is 0 Å². The third-order valence-electron chi connectivity index (χ3n) is 3.78. The van der Waals surface area contributed by atoms with Crippen LogP contribution in [0.2, 0.25) is 0 Å². The molecule has 0 heterocycles. The van der Waals surface area contributed by atoms with Gasteiger partial charge in [0.1, 0.15) is 0 Å². The van der Waals surface area contributed by atoms with Crippen LogP contribution in [0.4, 0.5) is 0 Å². The Hall–Kier alpha value is -2.09. The van der Waals surface area contributed by atoms with Gasteiger partial charge in [-0.05, 0) is 43.7 Å². The second-order valence-corrected chi connectivity index (χ2v) is 7.57. The molecule has 26 heavy (non-hydrogen) atoms. The quantitative estimate of drug-likeness (QED) is 0.621. The fraction of sp³-hybridized carbons (Fsp3) is 0.368. The molecule has 0 saturated carbocycles. The molecule has 0 aliphatic carbocycles. The highest BCUT2D eigenvalue weighted by Crippen LogP contribution is 2.27. The molecular weight excluding hydrogens is 352 g/mol. The molecule has 0 aromatic heterocycles. The van der Waals surface area contributed by atoms with E-state index >= 15 is 0 Å². The van der Waals surface area contributed by atoms with Crippen molar-refractivity contribution in [2.75, 3.05) is 26.8 Å². The molecule has 0 atom stereocenters. The number of methoxy groups -OCH3 is 1. The summed E-state index contributed by atoms with van der Waals surface area (Å²) in [6.07, 6.45) is 0. The van der Waals surface area contributed by atoms with Crippen LogP contribution in [0, 0.1) is 6.92 Å². The third-order valence-corrected chi connectivity index (χ3v) is 5.26. The van der Waals surface area contributed by atoms with Gasteiger partial charge in [-0.2, -0.15) is 0 Å². The lowest BCUT2D eigenvalue weighted by Crippen LogP contribution is -2.31. The monoisotopic (exact) mass is 378 g/mol. The summed E-state index contributed by atoms with van der Waals surface area (Å²) in [6, 6.07) is 12.5. The average molecular weight is 378 g/mol. The lowest BCUT2D eigenvalue weighted by Gasteiger charge is -2.12. The molecule has 0 fully saturated rings. The fourth-order valence-electron chi connectivity index (χ4n) is 2.41. The molecule has 0 unspecified atom stereocenters. The molecule has 0 spiro atoms. The van der Waals surface area contributed by atoms with Crippen LogP contribution in [-0.2, 0) is 16.6 Å². The summed E-state index contributed by atoms with van der Waals surface area (Å²) < 4.78 is 37.8. The molecule has 0 aliphatic heterocycles. The Morgan fingerprint density at radius 2 is 1.73 bits per heavy atom. The highest BCUT2D eigenvalue weighted by Gasteiger charge is 2.12. The minimum atomic E-state index is -3.47. The minimum absolute atomic E-state index is 0.277. The van der Waals surface area contributed by atoms with Gasteiger partial charge >= 0.3 is 0 Å². The maximum atomic E-state index is 12.2. The minimum Gasteiger partial charge on any atom is -0.493 e. The summed E-state index contributed by atoms with van der Waals surface area (Å²) in [5, 5.41) is 3.22. The summed E-state index contributed by atoms with van der Waals surface area (Å²) in [4.78, 5) is 0.277. The van der Waals surface area contributed by atoms with Gasteiger partial charge < -0.3 is 14.8 Å². The topological polar surface area (TPSA) is 76.7 Å². The van der Waals surface area contributed by atoms with E-state index in [0.717, 1.165) is 11.1 Å². The first-order valence-corrected chi connectivity index (χ1v) is 10.0. The molecule has 6 nitrogen and oxygen atoms in total. The van der Waals surface area contributed by atoms with Gasteiger partial charge in [-0.25, -0.2) is 13.1 Å². The van der Waals surface area contributed by atoms with Crippen molar-refractivity contribution in [3.8, 4) is 11.5 Å². The molecule has 7 heteroatoms. The van der Waals surface area contributed by atoms with Crippen molar-refractivity contribution in [1.82, 2.24) is 10.0 Å². The van der Waals surface area contributed by atoms with Gasteiger partial charge in [0.25, 0.3) is 0 Å². The van der Waals surface area contributed by atoms with Crippen molar-refractivity contribution in [2.24, 2.45) is 0 Å². The highest BCUT2D eigenvalue weighted by atomic mass is 32.2. The Morgan fingerprint density at radius 3 is 2.38 bits per heavy atom. The number of hydrogen-bond acceptors (Lipinski definition) is 5.